The molecule has 1 fully saturated rings. The highest BCUT2D eigenvalue weighted by Crippen LogP contribution is 2.26. The minimum Gasteiger partial charge on any atom is -0.459 e. The minimum atomic E-state index is -0.775. The van der Waals surface area contributed by atoms with Gasteiger partial charge in [0.1, 0.15) is 12.1 Å². The van der Waals surface area contributed by atoms with Gasteiger partial charge in [-0.2, -0.15) is 0 Å². The van der Waals surface area contributed by atoms with Gasteiger partial charge in [-0.15, -0.1) is 0 Å². The number of hydrogen-bond donors (Lipinski definition) is 1. The predicted octanol–water partition coefficient (Wildman–Crippen LogP) is 3.54. The van der Waals surface area contributed by atoms with Crippen LogP contribution in [0.15, 0.2) is 28.7 Å². The first-order valence-corrected chi connectivity index (χ1v) is 7.60. The van der Waals surface area contributed by atoms with E-state index in [0.29, 0.717) is 0 Å². The fourth-order valence-electron chi connectivity index (χ4n) is 2.48. The van der Waals surface area contributed by atoms with Crippen LogP contribution in [0.25, 0.3) is 0 Å². The van der Waals surface area contributed by atoms with Crippen molar-refractivity contribution >= 4 is 21.9 Å². The van der Waals surface area contributed by atoms with Crippen molar-refractivity contribution in [2.75, 3.05) is 0 Å². The van der Waals surface area contributed by atoms with Crippen LogP contribution in [0.4, 0.5) is 0 Å². The van der Waals surface area contributed by atoms with E-state index >= 15 is 0 Å². The zero-order valence-corrected chi connectivity index (χ0v) is 12.6. The summed E-state index contributed by atoms with van der Waals surface area (Å²) in [5.41, 5.74) is 6.41. The van der Waals surface area contributed by atoms with Crippen molar-refractivity contribution < 1.29 is 9.53 Å². The van der Waals surface area contributed by atoms with Crippen LogP contribution in [-0.2, 0) is 16.1 Å². The summed E-state index contributed by atoms with van der Waals surface area (Å²) in [5, 5.41) is 0. The standard InChI is InChI=1S/C15H20BrNO2/c16-13-7-5-6-12(10-13)11-19-14(18)15(17)8-3-1-2-4-9-15/h5-7,10H,1-4,8-9,11,17H2. The lowest BCUT2D eigenvalue weighted by molar-refractivity contribution is -0.152. The summed E-state index contributed by atoms with van der Waals surface area (Å²) in [5.74, 6) is -0.255. The molecule has 4 heteroatoms. The summed E-state index contributed by atoms with van der Waals surface area (Å²) < 4.78 is 6.38. The van der Waals surface area contributed by atoms with Gasteiger partial charge in [0.05, 0.1) is 0 Å². The minimum absolute atomic E-state index is 0.255. The molecule has 0 amide bonds. The lowest BCUT2D eigenvalue weighted by Crippen LogP contribution is -2.48. The second-order valence-electron chi connectivity index (χ2n) is 5.28. The van der Waals surface area contributed by atoms with Gasteiger partial charge in [-0.1, -0.05) is 53.7 Å². The fourth-order valence-corrected chi connectivity index (χ4v) is 2.93. The second-order valence-corrected chi connectivity index (χ2v) is 6.19. The highest BCUT2D eigenvalue weighted by atomic mass is 79.9. The van der Waals surface area contributed by atoms with E-state index in [0.717, 1.165) is 48.6 Å². The van der Waals surface area contributed by atoms with Crippen LogP contribution >= 0.6 is 15.9 Å². The van der Waals surface area contributed by atoms with Gasteiger partial charge >= 0.3 is 5.97 Å². The fraction of sp³-hybridized carbons (Fsp3) is 0.533. The summed E-state index contributed by atoms with van der Waals surface area (Å²) in [4.78, 5) is 12.2. The van der Waals surface area contributed by atoms with Crippen molar-refractivity contribution in [1.29, 1.82) is 0 Å². The van der Waals surface area contributed by atoms with E-state index in [1.54, 1.807) is 0 Å². The normalized spacial score (nSPS) is 18.6. The third-order valence-corrected chi connectivity index (χ3v) is 4.15. The van der Waals surface area contributed by atoms with E-state index in [-0.39, 0.29) is 12.6 Å². The second kappa shape index (κ2) is 6.53. The first-order valence-electron chi connectivity index (χ1n) is 6.81. The van der Waals surface area contributed by atoms with Gasteiger partial charge in [0.2, 0.25) is 0 Å². The molecule has 0 spiro atoms. The molecule has 0 radical (unpaired) electrons. The van der Waals surface area contributed by atoms with Crippen molar-refractivity contribution in [2.45, 2.75) is 50.7 Å². The maximum Gasteiger partial charge on any atom is 0.326 e. The van der Waals surface area contributed by atoms with E-state index in [1.807, 2.05) is 24.3 Å². The van der Waals surface area contributed by atoms with Crippen molar-refractivity contribution in [3.05, 3.63) is 34.3 Å². The number of hydrogen-bond acceptors (Lipinski definition) is 3. The number of carbonyl (C=O) groups is 1. The van der Waals surface area contributed by atoms with Gasteiger partial charge in [-0.3, -0.25) is 4.79 Å². The smallest absolute Gasteiger partial charge is 0.326 e. The third kappa shape index (κ3) is 4.05. The molecular formula is C15H20BrNO2. The summed E-state index contributed by atoms with van der Waals surface area (Å²) >= 11 is 3.40. The Morgan fingerprint density at radius 1 is 1.26 bits per heavy atom. The summed E-state index contributed by atoms with van der Waals surface area (Å²) in [7, 11) is 0. The molecule has 0 saturated heterocycles. The molecule has 19 heavy (non-hydrogen) atoms. The maximum absolute atomic E-state index is 12.2. The van der Waals surface area contributed by atoms with E-state index < -0.39 is 5.54 Å². The number of nitrogens with two attached hydrogens (primary N) is 1. The van der Waals surface area contributed by atoms with Gasteiger partial charge in [0.25, 0.3) is 0 Å². The van der Waals surface area contributed by atoms with Gasteiger partial charge in [-0.25, -0.2) is 0 Å². The molecule has 2 rings (SSSR count). The van der Waals surface area contributed by atoms with Crippen molar-refractivity contribution in [3.63, 3.8) is 0 Å². The quantitative estimate of drug-likeness (QED) is 0.683. The highest BCUT2D eigenvalue weighted by Gasteiger charge is 2.35. The Morgan fingerprint density at radius 2 is 1.95 bits per heavy atom. The van der Waals surface area contributed by atoms with Gasteiger partial charge in [-0.05, 0) is 30.5 Å². The van der Waals surface area contributed by atoms with Gasteiger partial charge in [0.15, 0.2) is 0 Å². The molecular weight excluding hydrogens is 306 g/mol. The average molecular weight is 326 g/mol. The molecule has 1 aromatic carbocycles. The molecule has 3 nitrogen and oxygen atoms in total. The Bertz CT molecular complexity index is 440. The summed E-state index contributed by atoms with van der Waals surface area (Å²) in [6.45, 7) is 0.289. The number of ether oxygens (including phenoxy) is 1. The molecule has 0 heterocycles. The van der Waals surface area contributed by atoms with E-state index in [1.165, 1.54) is 0 Å². The average Bonchev–Trinajstić information content (AvgIpc) is 2.62. The monoisotopic (exact) mass is 325 g/mol. The molecule has 0 unspecified atom stereocenters. The highest BCUT2D eigenvalue weighted by molar-refractivity contribution is 9.10. The van der Waals surface area contributed by atoms with Crippen molar-refractivity contribution in [2.24, 2.45) is 5.73 Å². The molecule has 104 valence electrons. The van der Waals surface area contributed by atoms with Crippen LogP contribution in [0.2, 0.25) is 0 Å². The van der Waals surface area contributed by atoms with Crippen molar-refractivity contribution in [1.82, 2.24) is 0 Å². The number of carbonyl (C=O) groups excluding carboxylic acids is 1. The Kier molecular flexibility index (Phi) is 4.99. The Balaban J connectivity index is 1.93. The molecule has 0 aromatic heterocycles. The number of esters is 1. The first kappa shape index (κ1) is 14.5. The van der Waals surface area contributed by atoms with Gasteiger partial charge < -0.3 is 10.5 Å². The summed E-state index contributed by atoms with van der Waals surface area (Å²) in [6, 6.07) is 7.76. The lowest BCUT2D eigenvalue weighted by Gasteiger charge is -2.25. The number of halogens is 1. The summed E-state index contributed by atoms with van der Waals surface area (Å²) in [6.07, 6.45) is 5.84. The molecule has 1 aliphatic rings. The molecule has 0 aliphatic heterocycles. The maximum atomic E-state index is 12.2. The zero-order valence-electron chi connectivity index (χ0n) is 11.0. The van der Waals surface area contributed by atoms with Crippen LogP contribution in [0.1, 0.15) is 44.1 Å². The lowest BCUT2D eigenvalue weighted by atomic mass is 9.92. The van der Waals surface area contributed by atoms with E-state index in [2.05, 4.69) is 15.9 Å². The topological polar surface area (TPSA) is 52.3 Å². The van der Waals surface area contributed by atoms with E-state index in [4.69, 9.17) is 10.5 Å². The number of rotatable bonds is 3. The Morgan fingerprint density at radius 3 is 2.58 bits per heavy atom. The largest absolute Gasteiger partial charge is 0.459 e. The first-order chi connectivity index (χ1) is 9.10. The van der Waals surface area contributed by atoms with Crippen LogP contribution < -0.4 is 5.73 Å². The van der Waals surface area contributed by atoms with Crippen LogP contribution in [0.3, 0.4) is 0 Å². The Labute approximate surface area is 122 Å². The number of benzene rings is 1. The zero-order chi connectivity index (χ0) is 13.7. The van der Waals surface area contributed by atoms with Crippen LogP contribution in [0.5, 0.6) is 0 Å². The Hall–Kier alpha value is -0.870. The predicted molar refractivity (Wildman–Crippen MR) is 78.6 cm³/mol. The molecule has 1 aliphatic carbocycles. The SMILES string of the molecule is NC1(C(=O)OCc2cccc(Br)c2)CCCCCC1. The van der Waals surface area contributed by atoms with E-state index in [9.17, 15) is 4.79 Å². The van der Waals surface area contributed by atoms with Gasteiger partial charge in [0, 0.05) is 4.47 Å². The molecule has 0 atom stereocenters. The molecule has 2 N–H and O–H groups in total. The van der Waals surface area contributed by atoms with Crippen LogP contribution in [0, 0.1) is 0 Å². The molecule has 1 saturated carbocycles. The molecule has 0 bridgehead atoms. The van der Waals surface area contributed by atoms with Crippen molar-refractivity contribution in [3.8, 4) is 0 Å². The third-order valence-electron chi connectivity index (χ3n) is 3.66. The van der Waals surface area contributed by atoms with Crippen LogP contribution in [-0.4, -0.2) is 11.5 Å². The molecule has 1 aromatic rings.